The Morgan fingerprint density at radius 3 is 2.40 bits per heavy atom. The van der Waals surface area contributed by atoms with Gasteiger partial charge in [-0.25, -0.2) is 0 Å². The predicted octanol–water partition coefficient (Wildman–Crippen LogP) is 0.483. The van der Waals surface area contributed by atoms with Crippen molar-refractivity contribution in [2.75, 3.05) is 0 Å². The molecule has 0 saturated carbocycles. The third kappa shape index (κ3) is 6.06. The zero-order valence-electron chi connectivity index (χ0n) is 9.32. The Bertz CT molecular complexity index is 219. The Balaban J connectivity index is 4.03. The monoisotopic (exact) mass is 216 g/mol. The molecule has 0 spiro atoms. The zero-order chi connectivity index (χ0) is 11.8. The summed E-state index contributed by atoms with van der Waals surface area (Å²) in [7, 11) is 0. The second-order valence-corrected chi connectivity index (χ2v) is 3.61. The Labute approximate surface area is 90.0 Å². The van der Waals surface area contributed by atoms with Crippen molar-refractivity contribution in [1.82, 2.24) is 5.32 Å². The van der Waals surface area contributed by atoms with Gasteiger partial charge in [-0.2, -0.15) is 0 Å². The molecule has 0 aromatic rings. The Hall–Kier alpha value is -1.10. The van der Waals surface area contributed by atoms with Gasteiger partial charge in [-0.15, -0.1) is 0 Å². The molecular formula is C10H20N2O3. The lowest BCUT2D eigenvalue weighted by molar-refractivity contribution is -0.139. The zero-order valence-corrected chi connectivity index (χ0v) is 9.32. The smallest absolute Gasteiger partial charge is 0.305 e. The van der Waals surface area contributed by atoms with E-state index in [-0.39, 0.29) is 18.4 Å². The van der Waals surface area contributed by atoms with Crippen LogP contribution in [-0.4, -0.2) is 29.1 Å². The number of rotatable bonds is 7. The quantitative estimate of drug-likeness (QED) is 0.577. The molecule has 0 aliphatic rings. The number of hydrogen-bond acceptors (Lipinski definition) is 3. The number of carbonyl (C=O) groups is 2. The van der Waals surface area contributed by atoms with Gasteiger partial charge < -0.3 is 16.2 Å². The second kappa shape index (κ2) is 7.23. The molecule has 0 aromatic heterocycles. The van der Waals surface area contributed by atoms with Gasteiger partial charge in [-0.1, -0.05) is 20.3 Å². The van der Waals surface area contributed by atoms with E-state index in [0.29, 0.717) is 0 Å². The van der Waals surface area contributed by atoms with E-state index in [2.05, 4.69) is 5.32 Å². The number of carbonyl (C=O) groups excluding carboxylic acids is 1. The highest BCUT2D eigenvalue weighted by Gasteiger charge is 2.19. The molecular weight excluding hydrogens is 196 g/mol. The first-order valence-corrected chi connectivity index (χ1v) is 5.29. The highest BCUT2D eigenvalue weighted by atomic mass is 16.4. The van der Waals surface area contributed by atoms with Crippen LogP contribution in [0.5, 0.6) is 0 Å². The molecule has 0 saturated heterocycles. The van der Waals surface area contributed by atoms with E-state index in [1.54, 1.807) is 0 Å². The first-order valence-electron chi connectivity index (χ1n) is 5.29. The van der Waals surface area contributed by atoms with E-state index in [9.17, 15) is 9.59 Å². The average Bonchev–Trinajstić information content (AvgIpc) is 2.15. The van der Waals surface area contributed by atoms with Crippen molar-refractivity contribution in [3.8, 4) is 0 Å². The number of nitrogens with two attached hydrogens (primary N) is 1. The van der Waals surface area contributed by atoms with Gasteiger partial charge in [0, 0.05) is 6.04 Å². The van der Waals surface area contributed by atoms with E-state index in [1.807, 2.05) is 13.8 Å². The minimum Gasteiger partial charge on any atom is -0.481 e. The van der Waals surface area contributed by atoms with Crippen LogP contribution < -0.4 is 11.1 Å². The molecule has 0 fully saturated rings. The lowest BCUT2D eigenvalue weighted by Gasteiger charge is -2.18. The number of nitrogens with one attached hydrogen (secondary N) is 1. The molecule has 0 aliphatic heterocycles. The largest absolute Gasteiger partial charge is 0.481 e. The molecule has 0 radical (unpaired) electrons. The molecule has 2 atom stereocenters. The highest BCUT2D eigenvalue weighted by Crippen LogP contribution is 2.01. The SMILES string of the molecule is CCCC(CC)NC(=O)C(N)CC(=O)O. The summed E-state index contributed by atoms with van der Waals surface area (Å²) in [6.45, 7) is 4.01. The Morgan fingerprint density at radius 2 is 2.00 bits per heavy atom. The van der Waals surface area contributed by atoms with Gasteiger partial charge in [0.25, 0.3) is 0 Å². The summed E-state index contributed by atoms with van der Waals surface area (Å²) in [4.78, 5) is 21.8. The molecule has 2 unspecified atom stereocenters. The van der Waals surface area contributed by atoms with Gasteiger partial charge in [0.2, 0.25) is 5.91 Å². The fourth-order valence-electron chi connectivity index (χ4n) is 1.32. The third-order valence-electron chi connectivity index (χ3n) is 2.21. The highest BCUT2D eigenvalue weighted by molar-refractivity contribution is 5.86. The summed E-state index contributed by atoms with van der Waals surface area (Å²) in [6.07, 6.45) is 2.38. The minimum atomic E-state index is -1.05. The molecule has 0 aliphatic carbocycles. The van der Waals surface area contributed by atoms with Crippen molar-refractivity contribution in [2.24, 2.45) is 5.73 Å². The Kier molecular flexibility index (Phi) is 6.70. The Morgan fingerprint density at radius 1 is 1.40 bits per heavy atom. The van der Waals surface area contributed by atoms with Gasteiger partial charge in [-0.3, -0.25) is 9.59 Å². The number of carboxylic acid groups (broad SMARTS) is 1. The van der Waals surface area contributed by atoms with Crippen LogP contribution in [0.25, 0.3) is 0 Å². The van der Waals surface area contributed by atoms with Gasteiger partial charge in [0.05, 0.1) is 12.5 Å². The first-order chi connectivity index (χ1) is 7.01. The molecule has 0 aromatic carbocycles. The van der Waals surface area contributed by atoms with Crippen LogP contribution in [0.4, 0.5) is 0 Å². The molecule has 1 amide bonds. The van der Waals surface area contributed by atoms with E-state index >= 15 is 0 Å². The van der Waals surface area contributed by atoms with Crippen molar-refractivity contribution >= 4 is 11.9 Å². The van der Waals surface area contributed by atoms with Gasteiger partial charge in [0.1, 0.15) is 0 Å². The fraction of sp³-hybridized carbons (Fsp3) is 0.800. The lowest BCUT2D eigenvalue weighted by Crippen LogP contribution is -2.46. The van der Waals surface area contributed by atoms with E-state index in [0.717, 1.165) is 19.3 Å². The molecule has 5 nitrogen and oxygen atoms in total. The van der Waals surface area contributed by atoms with E-state index in [1.165, 1.54) is 0 Å². The minimum absolute atomic E-state index is 0.0994. The lowest BCUT2D eigenvalue weighted by atomic mass is 10.1. The van der Waals surface area contributed by atoms with Crippen molar-refractivity contribution < 1.29 is 14.7 Å². The van der Waals surface area contributed by atoms with Gasteiger partial charge in [0.15, 0.2) is 0 Å². The summed E-state index contributed by atoms with van der Waals surface area (Å²) < 4.78 is 0. The van der Waals surface area contributed by atoms with Crippen LogP contribution in [0, 0.1) is 0 Å². The second-order valence-electron chi connectivity index (χ2n) is 3.61. The maximum absolute atomic E-state index is 11.4. The van der Waals surface area contributed by atoms with Crippen molar-refractivity contribution in [3.05, 3.63) is 0 Å². The van der Waals surface area contributed by atoms with E-state index in [4.69, 9.17) is 10.8 Å². The number of carboxylic acids is 1. The number of amides is 1. The van der Waals surface area contributed by atoms with Gasteiger partial charge >= 0.3 is 5.97 Å². The van der Waals surface area contributed by atoms with Gasteiger partial charge in [-0.05, 0) is 12.8 Å². The van der Waals surface area contributed by atoms with Crippen LogP contribution in [0.2, 0.25) is 0 Å². The van der Waals surface area contributed by atoms with Crippen LogP contribution in [0.15, 0.2) is 0 Å². The summed E-state index contributed by atoms with van der Waals surface area (Å²) in [5.74, 6) is -1.43. The van der Waals surface area contributed by atoms with Crippen molar-refractivity contribution in [2.45, 2.75) is 51.6 Å². The molecule has 0 rings (SSSR count). The standard InChI is InChI=1S/C10H20N2O3/c1-3-5-7(4-2)12-10(15)8(11)6-9(13)14/h7-8H,3-6,11H2,1-2H3,(H,12,15)(H,13,14). The van der Waals surface area contributed by atoms with Crippen LogP contribution in [0.1, 0.15) is 39.5 Å². The topological polar surface area (TPSA) is 92.4 Å². The molecule has 15 heavy (non-hydrogen) atoms. The fourth-order valence-corrected chi connectivity index (χ4v) is 1.32. The molecule has 0 heterocycles. The van der Waals surface area contributed by atoms with Crippen LogP contribution in [-0.2, 0) is 9.59 Å². The van der Waals surface area contributed by atoms with Crippen molar-refractivity contribution in [3.63, 3.8) is 0 Å². The first kappa shape index (κ1) is 13.9. The summed E-state index contributed by atoms with van der Waals surface area (Å²) in [5, 5.41) is 11.2. The van der Waals surface area contributed by atoms with Crippen molar-refractivity contribution in [1.29, 1.82) is 0 Å². The van der Waals surface area contributed by atoms with Crippen LogP contribution in [0.3, 0.4) is 0 Å². The number of hydrogen-bond donors (Lipinski definition) is 3. The number of aliphatic carboxylic acids is 1. The van der Waals surface area contributed by atoms with E-state index < -0.39 is 12.0 Å². The molecule has 88 valence electrons. The maximum atomic E-state index is 11.4. The molecule has 0 bridgehead atoms. The summed E-state index contributed by atoms with van der Waals surface area (Å²) in [6, 6.07) is -0.851. The summed E-state index contributed by atoms with van der Waals surface area (Å²) >= 11 is 0. The molecule has 5 heteroatoms. The normalized spacial score (nSPS) is 14.3. The maximum Gasteiger partial charge on any atom is 0.305 e. The summed E-state index contributed by atoms with van der Waals surface area (Å²) in [5.41, 5.74) is 5.42. The predicted molar refractivity (Wildman–Crippen MR) is 57.4 cm³/mol. The van der Waals surface area contributed by atoms with Crippen LogP contribution >= 0.6 is 0 Å². The average molecular weight is 216 g/mol. The molecule has 4 N–H and O–H groups in total. The third-order valence-corrected chi connectivity index (χ3v) is 2.21.